The maximum atomic E-state index is 7.35. The fourth-order valence-corrected chi connectivity index (χ4v) is 11.1. The van der Waals surface area contributed by atoms with Crippen molar-refractivity contribution in [2.45, 2.75) is 45.5 Å². The minimum atomic E-state index is -2.80. The monoisotopic (exact) mass is 566 g/mol. The number of benzene rings is 3. The lowest BCUT2D eigenvalue weighted by Gasteiger charge is -2.35. The first-order valence-corrected chi connectivity index (χ1v) is 19.5. The van der Waals surface area contributed by atoms with E-state index in [1.165, 1.54) is 26.7 Å². The fraction of sp³-hybridized carbons (Fsp3) is 0.257. The lowest BCUT2D eigenvalue weighted by atomic mass is 10.1. The molecule has 1 atom stereocenters. The standard InChI is InChI=1S/C35H42O3Si2/c1-28(2)35(39(4,5)6)25-24-32-15-13-14-29(26-37-31-22-20-30(36-3)21-23-31)27-40(38-32,33-16-9-7-10-17-33)34-18-11-8-12-19-34/h7-13,15-23,25,27,32H,1,14,24,26H2,2-6H3/b15-13-,29-27+,35-25-/t32-/m1/s1. The normalized spacial score (nSPS) is 19.5. The first-order chi connectivity index (χ1) is 19.2. The summed E-state index contributed by atoms with van der Waals surface area (Å²) in [4.78, 5) is 0. The van der Waals surface area contributed by atoms with Gasteiger partial charge in [0.15, 0.2) is 0 Å². The first-order valence-electron chi connectivity index (χ1n) is 14.0. The Morgan fingerprint density at radius 3 is 2.02 bits per heavy atom. The third-order valence-electron chi connectivity index (χ3n) is 7.19. The van der Waals surface area contributed by atoms with Gasteiger partial charge in [0.25, 0.3) is 8.32 Å². The predicted molar refractivity (Wildman–Crippen MR) is 174 cm³/mol. The smallest absolute Gasteiger partial charge is 0.281 e. The largest absolute Gasteiger partial charge is 0.497 e. The van der Waals surface area contributed by atoms with Crippen molar-refractivity contribution in [1.29, 1.82) is 0 Å². The molecule has 40 heavy (non-hydrogen) atoms. The Balaban J connectivity index is 1.75. The molecule has 0 saturated heterocycles. The molecule has 0 fully saturated rings. The number of allylic oxidation sites excluding steroid dienone is 3. The molecule has 208 valence electrons. The molecular formula is C35H42O3Si2. The molecule has 1 heterocycles. The molecule has 0 saturated carbocycles. The summed E-state index contributed by atoms with van der Waals surface area (Å²) in [5.74, 6) is 1.64. The highest BCUT2D eigenvalue weighted by atomic mass is 28.4. The molecule has 0 amide bonds. The highest BCUT2D eigenvalue weighted by Gasteiger charge is 2.40. The average Bonchev–Trinajstić information content (AvgIpc) is 2.94. The fourth-order valence-electron chi connectivity index (χ4n) is 5.30. The molecule has 0 N–H and O–H groups in total. The summed E-state index contributed by atoms with van der Waals surface area (Å²) in [7, 11) is -2.65. The van der Waals surface area contributed by atoms with Crippen molar-refractivity contribution in [2.24, 2.45) is 0 Å². The minimum absolute atomic E-state index is 0.0434. The molecule has 3 aromatic carbocycles. The van der Waals surface area contributed by atoms with Crippen LogP contribution >= 0.6 is 0 Å². The van der Waals surface area contributed by atoms with Gasteiger partial charge in [-0.2, -0.15) is 0 Å². The summed E-state index contributed by atoms with van der Waals surface area (Å²) in [5, 5.41) is 3.89. The second-order valence-corrected chi connectivity index (χ2v) is 19.6. The van der Waals surface area contributed by atoms with Crippen LogP contribution < -0.4 is 19.8 Å². The molecule has 0 aliphatic carbocycles. The summed E-state index contributed by atoms with van der Waals surface area (Å²) in [5.41, 5.74) is 4.80. The van der Waals surface area contributed by atoms with Crippen LogP contribution in [0.2, 0.25) is 19.6 Å². The van der Waals surface area contributed by atoms with Crippen LogP contribution in [0.25, 0.3) is 0 Å². The van der Waals surface area contributed by atoms with Gasteiger partial charge in [-0.1, -0.05) is 122 Å². The summed E-state index contributed by atoms with van der Waals surface area (Å²) >= 11 is 0. The van der Waals surface area contributed by atoms with Gasteiger partial charge in [0.2, 0.25) is 0 Å². The highest BCUT2D eigenvalue weighted by molar-refractivity contribution is 7.01. The molecule has 5 heteroatoms. The molecule has 1 aliphatic heterocycles. The summed E-state index contributed by atoms with van der Waals surface area (Å²) in [6, 6.07) is 29.2. The molecule has 0 aromatic heterocycles. The summed E-state index contributed by atoms with van der Waals surface area (Å²) in [6.07, 6.45) is 8.48. The Kier molecular flexibility index (Phi) is 9.85. The second-order valence-electron chi connectivity index (χ2n) is 11.4. The van der Waals surface area contributed by atoms with E-state index in [1.54, 1.807) is 7.11 Å². The molecule has 3 nitrogen and oxygen atoms in total. The molecule has 4 rings (SSSR count). The van der Waals surface area contributed by atoms with E-state index in [1.807, 2.05) is 24.3 Å². The Labute approximate surface area is 242 Å². The Bertz CT molecular complexity index is 1310. The van der Waals surface area contributed by atoms with Gasteiger partial charge < -0.3 is 13.9 Å². The van der Waals surface area contributed by atoms with Crippen LogP contribution in [0.1, 0.15) is 19.8 Å². The van der Waals surface area contributed by atoms with Crippen LogP contribution in [-0.2, 0) is 4.43 Å². The van der Waals surface area contributed by atoms with Gasteiger partial charge in [-0.3, -0.25) is 0 Å². The lowest BCUT2D eigenvalue weighted by Crippen LogP contribution is -2.61. The van der Waals surface area contributed by atoms with E-state index in [4.69, 9.17) is 13.9 Å². The van der Waals surface area contributed by atoms with Crippen molar-refractivity contribution in [3.05, 3.63) is 132 Å². The Morgan fingerprint density at radius 1 is 0.925 bits per heavy atom. The minimum Gasteiger partial charge on any atom is -0.497 e. The third kappa shape index (κ3) is 7.42. The lowest BCUT2D eigenvalue weighted by molar-refractivity contribution is 0.253. The van der Waals surface area contributed by atoms with E-state index < -0.39 is 16.4 Å². The maximum Gasteiger partial charge on any atom is 0.281 e. The average molecular weight is 567 g/mol. The van der Waals surface area contributed by atoms with Crippen LogP contribution in [0.15, 0.2) is 132 Å². The van der Waals surface area contributed by atoms with Crippen LogP contribution in [-0.4, -0.2) is 36.2 Å². The Hall–Kier alpha value is -3.39. The van der Waals surface area contributed by atoms with Crippen molar-refractivity contribution in [3.63, 3.8) is 0 Å². The van der Waals surface area contributed by atoms with Crippen molar-refractivity contribution in [2.75, 3.05) is 13.7 Å². The molecule has 3 aromatic rings. The quantitative estimate of drug-likeness (QED) is 0.145. The Morgan fingerprint density at radius 2 is 1.50 bits per heavy atom. The topological polar surface area (TPSA) is 27.7 Å². The molecular weight excluding hydrogens is 525 g/mol. The van der Waals surface area contributed by atoms with Crippen LogP contribution in [0.4, 0.5) is 0 Å². The number of rotatable bonds is 10. The molecule has 0 unspecified atom stereocenters. The zero-order chi connectivity index (χ0) is 28.6. The van der Waals surface area contributed by atoms with Crippen LogP contribution in [0.5, 0.6) is 11.5 Å². The number of ether oxygens (including phenoxy) is 2. The van der Waals surface area contributed by atoms with Crippen molar-refractivity contribution >= 4 is 26.8 Å². The maximum absolute atomic E-state index is 7.35. The summed E-state index contributed by atoms with van der Waals surface area (Å²) < 4.78 is 18.9. The second kappa shape index (κ2) is 13.3. The number of hydrogen-bond acceptors (Lipinski definition) is 3. The van der Waals surface area contributed by atoms with Gasteiger partial charge in [0.1, 0.15) is 18.1 Å². The molecule has 0 spiro atoms. The first kappa shape index (κ1) is 29.6. The molecule has 0 bridgehead atoms. The SMILES string of the molecule is C=C(C)/C(=C/C[C@H]1/C=C\C/C(COc2ccc(OC)cc2)=C\[Si](c2ccccc2)(c2ccccc2)O1)[Si](C)(C)C. The van der Waals surface area contributed by atoms with Crippen molar-refractivity contribution in [3.8, 4) is 11.5 Å². The van der Waals surface area contributed by atoms with Crippen molar-refractivity contribution in [1.82, 2.24) is 0 Å². The van der Waals surface area contributed by atoms with E-state index in [0.29, 0.717) is 6.61 Å². The molecule has 1 aliphatic rings. The van der Waals surface area contributed by atoms with Gasteiger partial charge in [-0.25, -0.2) is 0 Å². The number of methoxy groups -OCH3 is 1. The van der Waals surface area contributed by atoms with E-state index in [0.717, 1.165) is 24.3 Å². The third-order valence-corrected chi connectivity index (χ3v) is 13.3. The van der Waals surface area contributed by atoms with E-state index in [-0.39, 0.29) is 6.10 Å². The zero-order valence-corrected chi connectivity index (χ0v) is 26.5. The van der Waals surface area contributed by atoms with Gasteiger partial charge >= 0.3 is 0 Å². The van der Waals surface area contributed by atoms with Gasteiger partial charge in [-0.15, -0.1) is 0 Å². The van der Waals surface area contributed by atoms with Crippen molar-refractivity contribution < 1.29 is 13.9 Å². The van der Waals surface area contributed by atoms with E-state index in [9.17, 15) is 0 Å². The van der Waals surface area contributed by atoms with E-state index >= 15 is 0 Å². The van der Waals surface area contributed by atoms with Gasteiger partial charge in [0, 0.05) is 0 Å². The van der Waals surface area contributed by atoms with Crippen LogP contribution in [0, 0.1) is 0 Å². The van der Waals surface area contributed by atoms with Crippen LogP contribution in [0.3, 0.4) is 0 Å². The van der Waals surface area contributed by atoms with Gasteiger partial charge in [-0.05, 0) is 60.0 Å². The highest BCUT2D eigenvalue weighted by Crippen LogP contribution is 2.26. The summed E-state index contributed by atoms with van der Waals surface area (Å²) in [6.45, 7) is 14.1. The van der Waals surface area contributed by atoms with E-state index in [2.05, 4.69) is 118 Å². The predicted octanol–water partition coefficient (Wildman–Crippen LogP) is 7.41. The molecule has 0 radical (unpaired) electrons. The van der Waals surface area contributed by atoms with Gasteiger partial charge in [0.05, 0.1) is 21.3 Å². The zero-order valence-electron chi connectivity index (χ0n) is 24.5. The number of hydrogen-bond donors (Lipinski definition) is 0.